The maximum atomic E-state index is 11.7. The number of hydrogen-bond donors (Lipinski definition) is 1. The minimum absolute atomic E-state index is 0.311. The van der Waals surface area contributed by atoms with Crippen molar-refractivity contribution >= 4 is 21.8 Å². The summed E-state index contributed by atoms with van der Waals surface area (Å²) in [7, 11) is -3.27. The Morgan fingerprint density at radius 2 is 1.87 bits per heavy atom. The van der Waals surface area contributed by atoms with Gasteiger partial charge in [-0.3, -0.25) is 0 Å². The molecule has 0 aromatic heterocycles. The van der Waals surface area contributed by atoms with E-state index in [1.807, 2.05) is 0 Å². The molecule has 1 heterocycles. The van der Waals surface area contributed by atoms with E-state index < -0.39 is 10.2 Å². The molecule has 1 fully saturated rings. The van der Waals surface area contributed by atoms with Crippen LogP contribution in [0, 0.1) is 0 Å². The minimum atomic E-state index is -3.27. The zero-order valence-electron chi connectivity index (χ0n) is 8.65. The Kier molecular flexibility index (Phi) is 5.60. The molecule has 1 aliphatic rings. The first-order chi connectivity index (χ1) is 7.17. The molecule has 0 aromatic rings. The van der Waals surface area contributed by atoms with E-state index in [1.54, 1.807) is 12.2 Å². The maximum absolute atomic E-state index is 11.7. The molecule has 0 unspecified atom stereocenters. The van der Waals surface area contributed by atoms with E-state index in [0.717, 1.165) is 19.3 Å². The summed E-state index contributed by atoms with van der Waals surface area (Å²) in [6.45, 7) is 1.58. The lowest BCUT2D eigenvalue weighted by Crippen LogP contribution is -2.43. The quantitative estimate of drug-likeness (QED) is 0.589. The highest BCUT2D eigenvalue weighted by Crippen LogP contribution is 2.11. The summed E-state index contributed by atoms with van der Waals surface area (Å²) < 4.78 is 27.4. The van der Waals surface area contributed by atoms with Gasteiger partial charge in [-0.05, 0) is 12.8 Å². The first-order valence-corrected chi connectivity index (χ1v) is 7.10. The van der Waals surface area contributed by atoms with E-state index in [2.05, 4.69) is 4.72 Å². The molecule has 0 amide bonds. The Labute approximate surface area is 96.5 Å². The molecule has 0 atom stereocenters. The van der Waals surface area contributed by atoms with Gasteiger partial charge in [-0.1, -0.05) is 18.6 Å². The van der Waals surface area contributed by atoms with Crippen molar-refractivity contribution < 1.29 is 8.42 Å². The lowest BCUT2D eigenvalue weighted by Gasteiger charge is -2.25. The van der Waals surface area contributed by atoms with Gasteiger partial charge in [-0.25, -0.2) is 0 Å². The van der Waals surface area contributed by atoms with Crippen LogP contribution in [0.25, 0.3) is 0 Å². The summed E-state index contributed by atoms with van der Waals surface area (Å²) >= 11 is 5.43. The lowest BCUT2D eigenvalue weighted by atomic mass is 10.2. The van der Waals surface area contributed by atoms with Gasteiger partial charge in [-0.15, -0.1) is 11.6 Å². The van der Waals surface area contributed by atoms with Crippen molar-refractivity contribution in [3.05, 3.63) is 12.2 Å². The highest BCUT2D eigenvalue weighted by molar-refractivity contribution is 7.87. The monoisotopic (exact) mass is 252 g/mol. The molecule has 88 valence electrons. The van der Waals surface area contributed by atoms with Crippen LogP contribution in [0.3, 0.4) is 0 Å². The SMILES string of the molecule is O=S(=O)(NC/C=C/CCl)N1CCCCC1. The van der Waals surface area contributed by atoms with Gasteiger partial charge in [0.2, 0.25) is 0 Å². The van der Waals surface area contributed by atoms with Crippen molar-refractivity contribution in [2.24, 2.45) is 0 Å². The molecule has 0 aromatic carbocycles. The second-order valence-corrected chi connectivity index (χ2v) is 5.50. The van der Waals surface area contributed by atoms with Crippen LogP contribution in [-0.4, -0.2) is 38.2 Å². The van der Waals surface area contributed by atoms with E-state index in [-0.39, 0.29) is 0 Å². The van der Waals surface area contributed by atoms with Gasteiger partial charge in [0.25, 0.3) is 10.2 Å². The third-order valence-corrected chi connectivity index (χ3v) is 4.05. The summed E-state index contributed by atoms with van der Waals surface area (Å²) in [4.78, 5) is 0. The Morgan fingerprint density at radius 3 is 2.47 bits per heavy atom. The Hall–Kier alpha value is -0.100. The first kappa shape index (κ1) is 13.0. The number of nitrogens with one attached hydrogen (secondary N) is 1. The predicted molar refractivity (Wildman–Crippen MR) is 62.2 cm³/mol. The zero-order chi connectivity index (χ0) is 11.1. The molecule has 0 bridgehead atoms. The topological polar surface area (TPSA) is 49.4 Å². The number of alkyl halides is 1. The Bertz CT molecular complexity index is 297. The van der Waals surface area contributed by atoms with E-state index in [4.69, 9.17) is 11.6 Å². The van der Waals surface area contributed by atoms with Crippen LogP contribution >= 0.6 is 11.6 Å². The molecule has 15 heavy (non-hydrogen) atoms. The number of nitrogens with zero attached hydrogens (tertiary/aromatic N) is 1. The molecule has 1 saturated heterocycles. The summed E-state index contributed by atoms with van der Waals surface area (Å²) in [6.07, 6.45) is 6.48. The maximum Gasteiger partial charge on any atom is 0.279 e. The van der Waals surface area contributed by atoms with Gasteiger partial charge < -0.3 is 0 Å². The normalized spacial score (nSPS) is 19.8. The van der Waals surface area contributed by atoms with E-state index >= 15 is 0 Å². The van der Waals surface area contributed by atoms with Gasteiger partial charge in [0.15, 0.2) is 0 Å². The van der Waals surface area contributed by atoms with Crippen molar-refractivity contribution in [2.45, 2.75) is 19.3 Å². The zero-order valence-corrected chi connectivity index (χ0v) is 10.2. The van der Waals surface area contributed by atoms with E-state index in [1.165, 1.54) is 4.31 Å². The summed E-state index contributed by atoms with van der Waals surface area (Å²) in [5, 5.41) is 0. The highest BCUT2D eigenvalue weighted by atomic mass is 35.5. The molecular weight excluding hydrogens is 236 g/mol. The van der Waals surface area contributed by atoms with E-state index in [9.17, 15) is 8.42 Å². The van der Waals surface area contributed by atoms with Gasteiger partial charge in [-0.2, -0.15) is 17.4 Å². The summed E-state index contributed by atoms with van der Waals surface area (Å²) in [5.74, 6) is 0.408. The fraction of sp³-hybridized carbons (Fsp3) is 0.778. The first-order valence-electron chi connectivity index (χ1n) is 5.12. The number of rotatable bonds is 5. The van der Waals surface area contributed by atoms with Crippen molar-refractivity contribution in [2.75, 3.05) is 25.5 Å². The molecule has 0 aliphatic carbocycles. The van der Waals surface area contributed by atoms with Crippen LogP contribution in [0.15, 0.2) is 12.2 Å². The van der Waals surface area contributed by atoms with Crippen molar-refractivity contribution in [1.29, 1.82) is 0 Å². The molecule has 0 spiro atoms. The fourth-order valence-electron chi connectivity index (χ4n) is 1.50. The van der Waals surface area contributed by atoms with Gasteiger partial charge in [0.1, 0.15) is 0 Å². The largest absolute Gasteiger partial charge is 0.279 e. The number of allylic oxidation sites excluding steroid dienone is 1. The molecule has 1 aliphatic heterocycles. The average molecular weight is 253 g/mol. The fourth-order valence-corrected chi connectivity index (χ4v) is 2.85. The standard InChI is InChI=1S/C9H17ClN2O2S/c10-6-2-3-7-11-15(13,14)12-8-4-1-5-9-12/h2-3,11H,1,4-9H2/b3-2+. The number of piperidine rings is 1. The second kappa shape index (κ2) is 6.48. The molecule has 1 rings (SSSR count). The summed E-state index contributed by atoms with van der Waals surface area (Å²) in [5.41, 5.74) is 0. The van der Waals surface area contributed by atoms with Crippen molar-refractivity contribution in [3.63, 3.8) is 0 Å². The van der Waals surface area contributed by atoms with Gasteiger partial charge in [0, 0.05) is 25.5 Å². The Morgan fingerprint density at radius 1 is 1.20 bits per heavy atom. The highest BCUT2D eigenvalue weighted by Gasteiger charge is 2.22. The van der Waals surface area contributed by atoms with E-state index in [0.29, 0.717) is 25.5 Å². The molecule has 0 saturated carbocycles. The third-order valence-electron chi connectivity index (χ3n) is 2.29. The molecule has 4 nitrogen and oxygen atoms in total. The molecule has 1 N–H and O–H groups in total. The predicted octanol–water partition coefficient (Wildman–Crippen LogP) is 1.10. The Balaban J connectivity index is 2.40. The number of hydrogen-bond acceptors (Lipinski definition) is 2. The van der Waals surface area contributed by atoms with Gasteiger partial charge >= 0.3 is 0 Å². The van der Waals surface area contributed by atoms with Crippen molar-refractivity contribution in [3.8, 4) is 0 Å². The van der Waals surface area contributed by atoms with Crippen LogP contribution in [0.2, 0.25) is 0 Å². The van der Waals surface area contributed by atoms with Crippen LogP contribution in [0.5, 0.6) is 0 Å². The van der Waals surface area contributed by atoms with Crippen LogP contribution < -0.4 is 4.72 Å². The third kappa shape index (κ3) is 4.51. The smallest absolute Gasteiger partial charge is 0.198 e. The lowest BCUT2D eigenvalue weighted by molar-refractivity contribution is 0.342. The van der Waals surface area contributed by atoms with Gasteiger partial charge in [0.05, 0.1) is 0 Å². The van der Waals surface area contributed by atoms with Crippen LogP contribution in [0.4, 0.5) is 0 Å². The molecular formula is C9H17ClN2O2S. The number of halogens is 1. The molecule has 0 radical (unpaired) electrons. The summed E-state index contributed by atoms with van der Waals surface area (Å²) in [6, 6.07) is 0. The average Bonchev–Trinajstić information content (AvgIpc) is 2.26. The molecule has 6 heteroatoms. The second-order valence-electron chi connectivity index (χ2n) is 3.44. The van der Waals surface area contributed by atoms with Crippen LogP contribution in [-0.2, 0) is 10.2 Å². The van der Waals surface area contributed by atoms with Crippen LogP contribution in [0.1, 0.15) is 19.3 Å². The minimum Gasteiger partial charge on any atom is -0.198 e. The van der Waals surface area contributed by atoms with Crippen molar-refractivity contribution in [1.82, 2.24) is 9.03 Å².